The number of nitrogens with zero attached hydrogens (tertiary/aromatic N) is 1. The molecule has 1 aliphatic heterocycles. The highest BCUT2D eigenvalue weighted by molar-refractivity contribution is 7.91. The Labute approximate surface area is 124 Å². The van der Waals surface area contributed by atoms with Crippen LogP contribution in [-0.2, 0) is 9.84 Å². The maximum atomic E-state index is 12.4. The molecule has 1 atom stereocenters. The number of hydrogen-bond acceptors (Lipinski definition) is 5. The molecular weight excluding hydrogens is 290 g/mol. The van der Waals surface area contributed by atoms with Crippen molar-refractivity contribution in [3.63, 3.8) is 0 Å². The summed E-state index contributed by atoms with van der Waals surface area (Å²) in [5, 5.41) is 2.80. The van der Waals surface area contributed by atoms with Crippen molar-refractivity contribution in [2.45, 2.75) is 18.9 Å². The summed E-state index contributed by atoms with van der Waals surface area (Å²) < 4.78 is 23.1. The molecule has 2 heterocycles. The molecule has 3 N–H and O–H groups in total. The Bertz CT molecular complexity index is 718. The van der Waals surface area contributed by atoms with E-state index in [9.17, 15) is 13.2 Å². The molecule has 0 aliphatic carbocycles. The quantitative estimate of drug-likeness (QED) is 0.730. The van der Waals surface area contributed by atoms with Gasteiger partial charge in [-0.3, -0.25) is 9.78 Å². The molecule has 1 aromatic heterocycles. The number of pyridine rings is 1. The van der Waals surface area contributed by atoms with Gasteiger partial charge < -0.3 is 11.1 Å². The molecule has 1 aliphatic rings. The van der Waals surface area contributed by atoms with Crippen LogP contribution >= 0.6 is 0 Å². The monoisotopic (exact) mass is 307 g/mol. The number of sulfone groups is 1. The van der Waals surface area contributed by atoms with E-state index >= 15 is 0 Å². The van der Waals surface area contributed by atoms with E-state index in [0.29, 0.717) is 17.5 Å². The van der Waals surface area contributed by atoms with Crippen molar-refractivity contribution < 1.29 is 13.2 Å². The highest BCUT2D eigenvalue weighted by Gasteiger charge is 2.39. The number of rotatable bonds is 2. The van der Waals surface area contributed by atoms with Crippen molar-refractivity contribution in [3.8, 4) is 11.8 Å². The van der Waals surface area contributed by atoms with Gasteiger partial charge in [-0.1, -0.05) is 11.8 Å². The summed E-state index contributed by atoms with van der Waals surface area (Å²) in [4.78, 5) is 16.3. The number of nitrogens with one attached hydrogen (secondary N) is 1. The topological polar surface area (TPSA) is 102 Å². The molecule has 112 valence electrons. The van der Waals surface area contributed by atoms with Gasteiger partial charge >= 0.3 is 0 Å². The molecule has 0 radical (unpaired) electrons. The van der Waals surface area contributed by atoms with E-state index in [2.05, 4.69) is 22.1 Å². The zero-order chi connectivity index (χ0) is 15.5. The predicted molar refractivity (Wildman–Crippen MR) is 79.3 cm³/mol. The largest absolute Gasteiger partial charge is 0.346 e. The number of aromatic nitrogens is 1. The van der Waals surface area contributed by atoms with Crippen LogP contribution in [-0.4, -0.2) is 42.9 Å². The molecule has 0 aromatic carbocycles. The smallest absolute Gasteiger partial charge is 0.253 e. The molecule has 1 amide bonds. The minimum absolute atomic E-state index is 0.0410. The van der Waals surface area contributed by atoms with Crippen LogP contribution in [0.15, 0.2) is 18.5 Å². The third-order valence-corrected chi connectivity index (χ3v) is 5.21. The summed E-state index contributed by atoms with van der Waals surface area (Å²) in [5.41, 5.74) is 5.43. The maximum Gasteiger partial charge on any atom is 0.253 e. The van der Waals surface area contributed by atoms with E-state index in [1.54, 1.807) is 13.0 Å². The molecule has 2 rings (SSSR count). The number of carbonyl (C=O) groups excluding carboxylic acids is 1. The van der Waals surface area contributed by atoms with Crippen LogP contribution in [0.3, 0.4) is 0 Å². The number of amides is 1. The summed E-state index contributed by atoms with van der Waals surface area (Å²) in [5.74, 6) is 5.18. The lowest BCUT2D eigenvalue weighted by atomic mass is 10.0. The lowest BCUT2D eigenvalue weighted by molar-refractivity contribution is 0.0915. The van der Waals surface area contributed by atoms with Crippen molar-refractivity contribution in [2.24, 2.45) is 5.73 Å². The highest BCUT2D eigenvalue weighted by atomic mass is 32.2. The maximum absolute atomic E-state index is 12.4. The van der Waals surface area contributed by atoms with Crippen molar-refractivity contribution >= 4 is 15.7 Å². The fourth-order valence-electron chi connectivity index (χ4n) is 2.29. The van der Waals surface area contributed by atoms with Crippen LogP contribution in [0.1, 0.15) is 29.3 Å². The van der Waals surface area contributed by atoms with Gasteiger partial charge in [0.1, 0.15) is 0 Å². The van der Waals surface area contributed by atoms with E-state index in [1.165, 1.54) is 12.4 Å². The standard InChI is InChI=1S/C14H17N3O3S/c1-14(5-8-21(19,20)10-14)17-13(18)12-4-7-16-9-11(12)3-2-6-15/h4,7,9H,5-6,8,10,15H2,1H3,(H,17,18). The summed E-state index contributed by atoms with van der Waals surface area (Å²) in [6, 6.07) is 1.56. The van der Waals surface area contributed by atoms with Crippen molar-refractivity contribution in [1.82, 2.24) is 10.3 Å². The Morgan fingerprint density at radius 2 is 2.33 bits per heavy atom. The summed E-state index contributed by atoms with van der Waals surface area (Å²) in [6.07, 6.45) is 3.40. The molecule has 6 nitrogen and oxygen atoms in total. The minimum Gasteiger partial charge on any atom is -0.346 e. The first-order chi connectivity index (χ1) is 9.85. The molecule has 0 bridgehead atoms. The van der Waals surface area contributed by atoms with E-state index in [-0.39, 0.29) is 24.0 Å². The van der Waals surface area contributed by atoms with E-state index < -0.39 is 15.4 Å². The Hall–Kier alpha value is -1.91. The van der Waals surface area contributed by atoms with Crippen LogP contribution in [0.5, 0.6) is 0 Å². The Kier molecular flexibility index (Phi) is 4.30. The summed E-state index contributed by atoms with van der Waals surface area (Å²) >= 11 is 0. The van der Waals surface area contributed by atoms with Crippen LogP contribution in [0.25, 0.3) is 0 Å². The first-order valence-electron chi connectivity index (χ1n) is 6.51. The molecule has 1 aromatic rings. The average Bonchev–Trinajstić information content (AvgIpc) is 2.70. The van der Waals surface area contributed by atoms with Gasteiger partial charge in [-0.05, 0) is 19.4 Å². The van der Waals surface area contributed by atoms with Crippen LogP contribution in [0, 0.1) is 11.8 Å². The molecule has 1 saturated heterocycles. The van der Waals surface area contributed by atoms with Gasteiger partial charge in [0.05, 0.1) is 34.7 Å². The first kappa shape index (κ1) is 15.5. The van der Waals surface area contributed by atoms with E-state index in [0.717, 1.165) is 0 Å². The molecule has 21 heavy (non-hydrogen) atoms. The van der Waals surface area contributed by atoms with Gasteiger partial charge in [-0.25, -0.2) is 8.42 Å². The normalized spacial score (nSPS) is 23.1. The number of hydrogen-bond donors (Lipinski definition) is 2. The molecule has 1 fully saturated rings. The van der Waals surface area contributed by atoms with Crippen LogP contribution in [0.4, 0.5) is 0 Å². The first-order valence-corrected chi connectivity index (χ1v) is 8.33. The molecule has 0 spiro atoms. The summed E-state index contributed by atoms with van der Waals surface area (Å²) in [7, 11) is -3.08. The second kappa shape index (κ2) is 5.84. The Morgan fingerprint density at radius 1 is 1.57 bits per heavy atom. The lowest BCUT2D eigenvalue weighted by Crippen LogP contribution is -2.47. The third-order valence-electron chi connectivity index (χ3n) is 3.31. The molecular formula is C14H17N3O3S. The van der Waals surface area contributed by atoms with Crippen molar-refractivity contribution in [3.05, 3.63) is 29.6 Å². The SMILES string of the molecule is CC1(NC(=O)c2ccncc2C#CCN)CCS(=O)(=O)C1. The van der Waals surface area contributed by atoms with E-state index in [4.69, 9.17) is 5.73 Å². The lowest BCUT2D eigenvalue weighted by Gasteiger charge is -2.24. The summed E-state index contributed by atoms with van der Waals surface area (Å²) in [6.45, 7) is 1.92. The zero-order valence-corrected chi connectivity index (χ0v) is 12.5. The third kappa shape index (κ3) is 3.80. The van der Waals surface area contributed by atoms with Gasteiger partial charge in [0, 0.05) is 12.4 Å². The fourth-order valence-corrected chi connectivity index (χ4v) is 4.38. The minimum atomic E-state index is -3.08. The Morgan fingerprint density at radius 3 is 2.95 bits per heavy atom. The van der Waals surface area contributed by atoms with Gasteiger partial charge in [0.25, 0.3) is 5.91 Å². The van der Waals surface area contributed by atoms with Crippen LogP contribution < -0.4 is 11.1 Å². The van der Waals surface area contributed by atoms with Crippen molar-refractivity contribution in [2.75, 3.05) is 18.1 Å². The van der Waals surface area contributed by atoms with Gasteiger partial charge in [-0.15, -0.1) is 0 Å². The second-order valence-electron chi connectivity index (χ2n) is 5.28. The number of nitrogens with two attached hydrogens (primary N) is 1. The highest BCUT2D eigenvalue weighted by Crippen LogP contribution is 2.23. The zero-order valence-electron chi connectivity index (χ0n) is 11.7. The molecule has 0 saturated carbocycles. The van der Waals surface area contributed by atoms with Gasteiger partial charge in [-0.2, -0.15) is 0 Å². The molecule has 7 heteroatoms. The number of carbonyl (C=O) groups is 1. The fraction of sp³-hybridized carbons (Fsp3) is 0.429. The van der Waals surface area contributed by atoms with Gasteiger partial charge in [0.2, 0.25) is 0 Å². The van der Waals surface area contributed by atoms with E-state index in [1.807, 2.05) is 0 Å². The second-order valence-corrected chi connectivity index (χ2v) is 7.47. The molecule has 1 unspecified atom stereocenters. The van der Waals surface area contributed by atoms with Gasteiger partial charge in [0.15, 0.2) is 9.84 Å². The predicted octanol–water partition coefficient (Wildman–Crippen LogP) is -0.301. The average molecular weight is 307 g/mol. The van der Waals surface area contributed by atoms with Crippen molar-refractivity contribution in [1.29, 1.82) is 0 Å². The Balaban J connectivity index is 2.22. The van der Waals surface area contributed by atoms with Crippen LogP contribution in [0.2, 0.25) is 0 Å².